The van der Waals surface area contributed by atoms with Crippen LogP contribution in [-0.4, -0.2) is 31.0 Å². The van der Waals surface area contributed by atoms with Gasteiger partial charge in [-0.1, -0.05) is 19.9 Å². The highest BCUT2D eigenvalue weighted by Gasteiger charge is 2.09. The van der Waals surface area contributed by atoms with E-state index in [9.17, 15) is 5.11 Å². The Bertz CT molecular complexity index is 288. The molecule has 0 fully saturated rings. The molecule has 17 heavy (non-hydrogen) atoms. The third-order valence-corrected chi connectivity index (χ3v) is 3.45. The monoisotopic (exact) mass is 257 g/mol. The third-order valence-electron chi connectivity index (χ3n) is 2.39. The Balaban J connectivity index is 2.13. The summed E-state index contributed by atoms with van der Waals surface area (Å²) in [5.41, 5.74) is 0. The minimum atomic E-state index is -0.434. The van der Waals surface area contributed by atoms with E-state index >= 15 is 0 Å². The molecule has 0 amide bonds. The van der Waals surface area contributed by atoms with E-state index in [2.05, 4.69) is 37.5 Å². The van der Waals surface area contributed by atoms with Crippen LogP contribution in [0.5, 0.6) is 0 Å². The van der Waals surface area contributed by atoms with Gasteiger partial charge in [0.15, 0.2) is 0 Å². The molecular formula is C13H23NO2S. The smallest absolute Gasteiger partial charge is 0.0897 e. The van der Waals surface area contributed by atoms with Gasteiger partial charge in [-0.2, -0.15) is 0 Å². The van der Waals surface area contributed by atoms with Crippen LogP contribution in [0.1, 0.15) is 31.7 Å². The normalized spacial score (nSPS) is 15.1. The zero-order chi connectivity index (χ0) is 12.7. The molecule has 1 aromatic rings. The summed E-state index contributed by atoms with van der Waals surface area (Å²) in [7, 11) is 0. The summed E-state index contributed by atoms with van der Waals surface area (Å²) in [5.74, 6) is 0.514. The lowest BCUT2D eigenvalue weighted by Gasteiger charge is -2.16. The second kappa shape index (κ2) is 7.82. The standard InChI is InChI=1S/C13H23NO2S/c1-10(2)8-16-9-12(15)7-14-11(3)13-5-4-6-17-13/h4-6,10-12,14-15H,7-9H2,1-3H3. The molecule has 2 N–H and O–H groups in total. The number of ether oxygens (including phenoxy) is 1. The van der Waals surface area contributed by atoms with Crippen LogP contribution >= 0.6 is 11.3 Å². The maximum Gasteiger partial charge on any atom is 0.0897 e. The van der Waals surface area contributed by atoms with E-state index in [4.69, 9.17) is 4.74 Å². The molecule has 4 heteroatoms. The maximum atomic E-state index is 9.72. The number of thiophene rings is 1. The Morgan fingerprint density at radius 3 is 2.71 bits per heavy atom. The van der Waals surface area contributed by atoms with Gasteiger partial charge in [0.25, 0.3) is 0 Å². The van der Waals surface area contributed by atoms with Crippen molar-refractivity contribution in [3.63, 3.8) is 0 Å². The van der Waals surface area contributed by atoms with Crippen molar-refractivity contribution in [2.45, 2.75) is 32.9 Å². The van der Waals surface area contributed by atoms with Crippen LogP contribution in [0.3, 0.4) is 0 Å². The first-order valence-corrected chi connectivity index (χ1v) is 7.00. The zero-order valence-corrected chi connectivity index (χ0v) is 11.7. The molecular weight excluding hydrogens is 234 g/mol. The lowest BCUT2D eigenvalue weighted by atomic mass is 10.2. The predicted molar refractivity (Wildman–Crippen MR) is 72.4 cm³/mol. The van der Waals surface area contributed by atoms with Gasteiger partial charge in [0.2, 0.25) is 0 Å². The molecule has 0 bridgehead atoms. The van der Waals surface area contributed by atoms with E-state index in [0.717, 1.165) is 0 Å². The highest BCUT2D eigenvalue weighted by Crippen LogP contribution is 2.17. The first kappa shape index (κ1) is 14.6. The molecule has 0 saturated carbocycles. The second-order valence-corrected chi connectivity index (χ2v) is 5.71. The zero-order valence-electron chi connectivity index (χ0n) is 10.8. The van der Waals surface area contributed by atoms with Gasteiger partial charge in [0.1, 0.15) is 0 Å². The van der Waals surface area contributed by atoms with Crippen LogP contribution < -0.4 is 5.32 Å². The van der Waals surface area contributed by atoms with Gasteiger partial charge in [-0.25, -0.2) is 0 Å². The highest BCUT2D eigenvalue weighted by molar-refractivity contribution is 7.10. The molecule has 0 aromatic carbocycles. The number of aliphatic hydroxyl groups excluding tert-OH is 1. The van der Waals surface area contributed by atoms with Crippen molar-refractivity contribution in [1.29, 1.82) is 0 Å². The van der Waals surface area contributed by atoms with Crippen molar-refractivity contribution in [2.24, 2.45) is 5.92 Å². The summed E-state index contributed by atoms with van der Waals surface area (Å²) < 4.78 is 5.39. The molecule has 98 valence electrons. The molecule has 3 nitrogen and oxygen atoms in total. The second-order valence-electron chi connectivity index (χ2n) is 4.73. The minimum Gasteiger partial charge on any atom is -0.389 e. The largest absolute Gasteiger partial charge is 0.389 e. The van der Waals surface area contributed by atoms with E-state index in [1.54, 1.807) is 11.3 Å². The third kappa shape index (κ3) is 6.17. The minimum absolute atomic E-state index is 0.287. The lowest BCUT2D eigenvalue weighted by molar-refractivity contribution is 0.0252. The number of nitrogens with one attached hydrogen (secondary N) is 1. The fraction of sp³-hybridized carbons (Fsp3) is 0.692. The molecule has 0 aliphatic rings. The summed E-state index contributed by atoms with van der Waals surface area (Å²) in [4.78, 5) is 1.29. The molecule has 2 atom stereocenters. The Morgan fingerprint density at radius 2 is 2.12 bits per heavy atom. The van der Waals surface area contributed by atoms with Gasteiger partial charge in [0.05, 0.1) is 12.7 Å². The predicted octanol–water partition coefficient (Wildman–Crippen LogP) is 2.43. The molecule has 2 unspecified atom stereocenters. The molecule has 1 heterocycles. The fourth-order valence-corrected chi connectivity index (χ4v) is 2.21. The molecule has 0 radical (unpaired) electrons. The van der Waals surface area contributed by atoms with Crippen LogP contribution in [0.2, 0.25) is 0 Å². The lowest BCUT2D eigenvalue weighted by Crippen LogP contribution is -2.32. The van der Waals surface area contributed by atoms with Crippen molar-refractivity contribution < 1.29 is 9.84 Å². The van der Waals surface area contributed by atoms with Crippen LogP contribution in [0, 0.1) is 5.92 Å². The van der Waals surface area contributed by atoms with Crippen LogP contribution in [0.15, 0.2) is 17.5 Å². The van der Waals surface area contributed by atoms with E-state index < -0.39 is 6.10 Å². The first-order valence-electron chi connectivity index (χ1n) is 6.12. The summed E-state index contributed by atoms with van der Waals surface area (Å²) in [6, 6.07) is 4.43. The van der Waals surface area contributed by atoms with Crippen molar-refractivity contribution >= 4 is 11.3 Å². The number of rotatable bonds is 8. The van der Waals surface area contributed by atoms with Crippen molar-refractivity contribution in [3.8, 4) is 0 Å². The van der Waals surface area contributed by atoms with E-state index in [1.165, 1.54) is 4.88 Å². The van der Waals surface area contributed by atoms with Crippen molar-refractivity contribution in [2.75, 3.05) is 19.8 Å². The first-order chi connectivity index (χ1) is 8.09. The molecule has 0 spiro atoms. The van der Waals surface area contributed by atoms with E-state index in [-0.39, 0.29) is 6.04 Å². The average Bonchev–Trinajstić information content (AvgIpc) is 2.78. The van der Waals surface area contributed by atoms with Gasteiger partial charge in [0, 0.05) is 24.1 Å². The molecule has 0 saturated heterocycles. The number of aliphatic hydroxyl groups is 1. The van der Waals surface area contributed by atoms with Crippen LogP contribution in [0.4, 0.5) is 0 Å². The Hall–Kier alpha value is -0.420. The molecule has 0 aliphatic heterocycles. The number of hydrogen-bond donors (Lipinski definition) is 2. The van der Waals surface area contributed by atoms with Crippen LogP contribution in [-0.2, 0) is 4.74 Å². The highest BCUT2D eigenvalue weighted by atomic mass is 32.1. The average molecular weight is 257 g/mol. The van der Waals surface area contributed by atoms with E-state index in [1.807, 2.05) is 6.07 Å². The van der Waals surface area contributed by atoms with Gasteiger partial charge in [-0.05, 0) is 24.3 Å². The van der Waals surface area contributed by atoms with Gasteiger partial charge < -0.3 is 15.2 Å². The summed E-state index contributed by atoms with van der Waals surface area (Å²) in [6.07, 6.45) is -0.434. The Kier molecular flexibility index (Phi) is 6.73. The quantitative estimate of drug-likeness (QED) is 0.751. The summed E-state index contributed by atoms with van der Waals surface area (Å²) in [5, 5.41) is 15.1. The maximum absolute atomic E-state index is 9.72. The van der Waals surface area contributed by atoms with Crippen molar-refractivity contribution in [1.82, 2.24) is 5.32 Å². The summed E-state index contributed by atoms with van der Waals surface area (Å²) in [6.45, 7) is 7.98. The number of hydrogen-bond acceptors (Lipinski definition) is 4. The van der Waals surface area contributed by atoms with Crippen LogP contribution in [0.25, 0.3) is 0 Å². The Morgan fingerprint density at radius 1 is 1.35 bits per heavy atom. The topological polar surface area (TPSA) is 41.5 Å². The molecule has 1 rings (SSSR count). The SMILES string of the molecule is CC(C)COCC(O)CNC(C)c1cccs1. The van der Waals surface area contributed by atoms with E-state index in [0.29, 0.717) is 25.7 Å². The fourth-order valence-electron chi connectivity index (χ4n) is 1.45. The molecule has 1 aromatic heterocycles. The molecule has 0 aliphatic carbocycles. The van der Waals surface area contributed by atoms with Gasteiger partial charge in [-0.3, -0.25) is 0 Å². The van der Waals surface area contributed by atoms with Crippen molar-refractivity contribution in [3.05, 3.63) is 22.4 Å². The van der Waals surface area contributed by atoms with Gasteiger partial charge in [-0.15, -0.1) is 11.3 Å². The Labute approximate surface area is 108 Å². The summed E-state index contributed by atoms with van der Waals surface area (Å²) >= 11 is 1.73. The van der Waals surface area contributed by atoms with Gasteiger partial charge >= 0.3 is 0 Å².